The minimum Gasteiger partial charge on any atom is -0.326 e. The maximum absolute atomic E-state index is 12.1. The Hall–Kier alpha value is -1.21. The molecule has 0 aliphatic heterocycles. The monoisotopic (exact) mass is 324 g/mol. The molecule has 4 nitrogen and oxygen atoms in total. The van der Waals surface area contributed by atoms with Crippen LogP contribution >= 0.6 is 11.3 Å². The van der Waals surface area contributed by atoms with Gasteiger partial charge >= 0.3 is 0 Å². The fourth-order valence-corrected chi connectivity index (χ4v) is 4.09. The lowest BCUT2D eigenvalue weighted by molar-refractivity contribution is 0.581. The van der Waals surface area contributed by atoms with Gasteiger partial charge in [0.05, 0.1) is 5.75 Å². The summed E-state index contributed by atoms with van der Waals surface area (Å²) >= 11 is 1.64. The van der Waals surface area contributed by atoms with E-state index in [1.54, 1.807) is 17.4 Å². The van der Waals surface area contributed by atoms with Gasteiger partial charge in [0.2, 0.25) is 10.0 Å². The van der Waals surface area contributed by atoms with Crippen LogP contribution in [-0.4, -0.2) is 8.42 Å². The van der Waals surface area contributed by atoms with E-state index in [2.05, 4.69) is 11.6 Å². The van der Waals surface area contributed by atoms with E-state index in [1.165, 1.54) is 4.88 Å². The summed E-state index contributed by atoms with van der Waals surface area (Å²) in [7, 11) is -3.34. The molecule has 1 aromatic carbocycles. The number of sulfonamides is 1. The van der Waals surface area contributed by atoms with Gasteiger partial charge in [-0.2, -0.15) is 0 Å². The largest absolute Gasteiger partial charge is 0.326 e. The van der Waals surface area contributed by atoms with Gasteiger partial charge in [0.25, 0.3) is 0 Å². The minimum atomic E-state index is -3.34. The Morgan fingerprint density at radius 3 is 2.52 bits per heavy atom. The van der Waals surface area contributed by atoms with Crippen molar-refractivity contribution in [2.75, 3.05) is 0 Å². The molecule has 2 rings (SSSR count). The van der Waals surface area contributed by atoms with Crippen LogP contribution in [0.15, 0.2) is 36.4 Å². The number of thiophene rings is 1. The molecule has 0 fully saturated rings. The van der Waals surface area contributed by atoms with Crippen molar-refractivity contribution in [3.05, 3.63) is 57.3 Å². The lowest BCUT2D eigenvalue weighted by Gasteiger charge is -2.07. The van der Waals surface area contributed by atoms with Crippen LogP contribution in [0.25, 0.3) is 0 Å². The van der Waals surface area contributed by atoms with Gasteiger partial charge in [-0.15, -0.1) is 11.3 Å². The predicted molar refractivity (Wildman–Crippen MR) is 87.5 cm³/mol. The quantitative estimate of drug-likeness (QED) is 0.821. The van der Waals surface area contributed by atoms with Gasteiger partial charge in [0, 0.05) is 22.8 Å². The van der Waals surface area contributed by atoms with Crippen LogP contribution in [0.1, 0.15) is 27.8 Å². The molecule has 0 unspecified atom stereocenters. The van der Waals surface area contributed by atoms with E-state index in [9.17, 15) is 8.42 Å². The Morgan fingerprint density at radius 2 is 1.86 bits per heavy atom. The van der Waals surface area contributed by atoms with E-state index in [1.807, 2.05) is 30.3 Å². The van der Waals surface area contributed by atoms with Crippen molar-refractivity contribution in [1.82, 2.24) is 4.72 Å². The average molecular weight is 324 g/mol. The van der Waals surface area contributed by atoms with E-state index in [0.717, 1.165) is 22.4 Å². The highest BCUT2D eigenvalue weighted by Gasteiger charge is 2.12. The third kappa shape index (κ3) is 4.93. The van der Waals surface area contributed by atoms with Gasteiger partial charge in [-0.25, -0.2) is 13.1 Å². The second-order valence-electron chi connectivity index (χ2n) is 4.83. The van der Waals surface area contributed by atoms with Gasteiger partial charge in [-0.05, 0) is 29.7 Å². The maximum Gasteiger partial charge on any atom is 0.216 e. The van der Waals surface area contributed by atoms with Crippen molar-refractivity contribution in [3.63, 3.8) is 0 Å². The topological polar surface area (TPSA) is 72.2 Å². The summed E-state index contributed by atoms with van der Waals surface area (Å²) in [6, 6.07) is 11.4. The van der Waals surface area contributed by atoms with E-state index in [-0.39, 0.29) is 5.75 Å². The normalized spacial score (nSPS) is 11.7. The molecule has 2 aromatic rings. The lowest BCUT2D eigenvalue weighted by Crippen LogP contribution is -2.24. The Kier molecular flexibility index (Phi) is 5.52. The fourth-order valence-electron chi connectivity index (χ4n) is 2.01. The van der Waals surface area contributed by atoms with Crippen LogP contribution in [0.3, 0.4) is 0 Å². The van der Waals surface area contributed by atoms with E-state index >= 15 is 0 Å². The highest BCUT2D eigenvalue weighted by molar-refractivity contribution is 7.88. The van der Waals surface area contributed by atoms with Crippen LogP contribution in [-0.2, 0) is 35.3 Å². The Labute approximate surface area is 130 Å². The number of rotatable bonds is 7. The number of benzene rings is 1. The molecule has 6 heteroatoms. The summed E-state index contributed by atoms with van der Waals surface area (Å²) < 4.78 is 26.9. The summed E-state index contributed by atoms with van der Waals surface area (Å²) in [6.07, 6.45) is 0.975. The highest BCUT2D eigenvalue weighted by atomic mass is 32.2. The average Bonchev–Trinajstić information content (AvgIpc) is 2.93. The zero-order valence-electron chi connectivity index (χ0n) is 12.0. The molecule has 0 spiro atoms. The second-order valence-corrected chi connectivity index (χ2v) is 7.89. The van der Waals surface area contributed by atoms with Crippen molar-refractivity contribution in [1.29, 1.82) is 0 Å². The molecule has 1 aromatic heterocycles. The van der Waals surface area contributed by atoms with Gasteiger partial charge in [-0.1, -0.05) is 31.2 Å². The first-order valence-electron chi connectivity index (χ1n) is 6.85. The lowest BCUT2D eigenvalue weighted by atomic mass is 10.1. The summed E-state index contributed by atoms with van der Waals surface area (Å²) in [5.41, 5.74) is 7.26. The Bertz CT molecular complexity index is 693. The molecule has 0 atom stereocenters. The second kappa shape index (κ2) is 7.17. The molecule has 0 aliphatic rings. The first-order valence-corrected chi connectivity index (χ1v) is 9.32. The molecule has 0 aliphatic carbocycles. The number of nitrogens with one attached hydrogen (secondary N) is 1. The number of hydrogen-bond acceptors (Lipinski definition) is 4. The maximum atomic E-state index is 12.1. The summed E-state index contributed by atoms with van der Waals surface area (Å²) in [5, 5.41) is 0. The molecule has 0 radical (unpaired) electrons. The van der Waals surface area contributed by atoms with Crippen molar-refractivity contribution in [2.45, 2.75) is 32.2 Å². The molecule has 0 saturated carbocycles. The van der Waals surface area contributed by atoms with Gasteiger partial charge < -0.3 is 5.73 Å². The summed E-state index contributed by atoms with van der Waals surface area (Å²) in [6.45, 7) is 2.85. The molecule has 21 heavy (non-hydrogen) atoms. The van der Waals surface area contributed by atoms with Crippen molar-refractivity contribution in [2.24, 2.45) is 5.73 Å². The first-order chi connectivity index (χ1) is 10.0. The van der Waals surface area contributed by atoms with Crippen molar-refractivity contribution in [3.8, 4) is 0 Å². The predicted octanol–water partition coefficient (Wildman–Crippen LogP) is 2.39. The number of nitrogens with two attached hydrogens (primary N) is 1. The van der Waals surface area contributed by atoms with Crippen LogP contribution < -0.4 is 10.5 Å². The first kappa shape index (κ1) is 16.2. The van der Waals surface area contributed by atoms with E-state index in [4.69, 9.17) is 5.73 Å². The Morgan fingerprint density at radius 1 is 1.14 bits per heavy atom. The zero-order chi connectivity index (χ0) is 15.3. The molecular formula is C15H20N2O2S2. The summed E-state index contributed by atoms with van der Waals surface area (Å²) in [5.74, 6) is -0.0210. The molecule has 0 amide bonds. The SMILES string of the molecule is CCc1ccc(CNS(=O)(=O)Cc2cccc(CN)c2)s1. The molecule has 0 bridgehead atoms. The minimum absolute atomic E-state index is 0.0210. The summed E-state index contributed by atoms with van der Waals surface area (Å²) in [4.78, 5) is 2.30. The Balaban J connectivity index is 1.98. The zero-order valence-corrected chi connectivity index (χ0v) is 13.6. The van der Waals surface area contributed by atoms with Crippen molar-refractivity contribution < 1.29 is 8.42 Å². The molecule has 3 N–H and O–H groups in total. The van der Waals surface area contributed by atoms with E-state index in [0.29, 0.717) is 13.1 Å². The van der Waals surface area contributed by atoms with Crippen LogP contribution in [0.4, 0.5) is 0 Å². The fraction of sp³-hybridized carbons (Fsp3) is 0.333. The highest BCUT2D eigenvalue weighted by Crippen LogP contribution is 2.17. The smallest absolute Gasteiger partial charge is 0.216 e. The molecule has 114 valence electrons. The van der Waals surface area contributed by atoms with Crippen LogP contribution in [0.5, 0.6) is 0 Å². The third-order valence-electron chi connectivity index (χ3n) is 3.12. The van der Waals surface area contributed by atoms with Crippen LogP contribution in [0.2, 0.25) is 0 Å². The van der Waals surface area contributed by atoms with Gasteiger partial charge in [0.15, 0.2) is 0 Å². The standard InChI is InChI=1S/C15H20N2O2S2/c1-2-14-6-7-15(20-14)10-17-21(18,19)11-13-5-3-4-12(8-13)9-16/h3-8,17H,2,9-11,16H2,1H3. The van der Waals surface area contributed by atoms with Gasteiger partial charge in [0.1, 0.15) is 0 Å². The van der Waals surface area contributed by atoms with Crippen LogP contribution in [0, 0.1) is 0 Å². The third-order valence-corrected chi connectivity index (χ3v) is 5.64. The van der Waals surface area contributed by atoms with Crippen molar-refractivity contribution >= 4 is 21.4 Å². The van der Waals surface area contributed by atoms with Gasteiger partial charge in [-0.3, -0.25) is 0 Å². The molecular weight excluding hydrogens is 304 g/mol. The number of hydrogen-bond donors (Lipinski definition) is 2. The molecule has 1 heterocycles. The molecule has 0 saturated heterocycles. The number of aryl methyl sites for hydroxylation is 1. The van der Waals surface area contributed by atoms with E-state index < -0.39 is 10.0 Å².